The third kappa shape index (κ3) is 8.74. The monoisotopic (exact) mass is 871 g/mol. The van der Waals surface area contributed by atoms with Crippen LogP contribution in [0.25, 0.3) is 53.8 Å². The number of nitrogens with zero attached hydrogens (tertiary/aromatic N) is 2. The molecule has 4 aromatic carbocycles. The number of hydrogen-bond donors (Lipinski definition) is 0. The van der Waals surface area contributed by atoms with Gasteiger partial charge in [-0.3, -0.25) is 0 Å². The van der Waals surface area contributed by atoms with Crippen LogP contribution in [0.3, 0.4) is 0 Å². The van der Waals surface area contributed by atoms with E-state index in [1.807, 2.05) is 48.0 Å². The maximum absolute atomic E-state index is 4.64. The van der Waals surface area contributed by atoms with E-state index in [2.05, 4.69) is 145 Å². The molecule has 47 heavy (non-hydrogen) atoms. The van der Waals surface area contributed by atoms with Crippen molar-refractivity contribution in [3.63, 3.8) is 0 Å². The van der Waals surface area contributed by atoms with Crippen molar-refractivity contribution in [3.05, 3.63) is 139 Å². The second-order valence-electron chi connectivity index (χ2n) is 14.0. The van der Waals surface area contributed by atoms with Gasteiger partial charge in [-0.05, 0) is 50.9 Å². The third-order valence-corrected chi connectivity index (χ3v) is 13.3. The molecule has 2 nitrogen and oxygen atoms in total. The summed E-state index contributed by atoms with van der Waals surface area (Å²) in [6, 6.07) is 45.0. The van der Waals surface area contributed by atoms with Gasteiger partial charge in [0.15, 0.2) is 0 Å². The second kappa shape index (κ2) is 14.8. The van der Waals surface area contributed by atoms with Gasteiger partial charge in [0.1, 0.15) is 0 Å². The predicted octanol–water partition coefficient (Wildman–Crippen LogP) is 11.3. The summed E-state index contributed by atoms with van der Waals surface area (Å²) in [6.07, 6.45) is 5.00. The molecule has 0 aliphatic heterocycles. The van der Waals surface area contributed by atoms with Gasteiger partial charge in [-0.2, -0.15) is 11.3 Å². The summed E-state index contributed by atoms with van der Waals surface area (Å²) in [5.41, 5.74) is 8.23. The first-order valence-electron chi connectivity index (χ1n) is 15.9. The van der Waals surface area contributed by atoms with Gasteiger partial charge in [-0.25, -0.2) is 0 Å². The van der Waals surface area contributed by atoms with E-state index in [0.717, 1.165) is 28.9 Å². The van der Waals surface area contributed by atoms with Gasteiger partial charge in [0.05, 0.1) is 0 Å². The second-order valence-corrected chi connectivity index (χ2v) is 25.8. The largest absolute Gasteiger partial charge is 0 e. The molecule has 0 saturated carbocycles. The van der Waals surface area contributed by atoms with Crippen molar-refractivity contribution < 1.29 is 20.1 Å². The Balaban J connectivity index is 0.000000217. The zero-order valence-electron chi connectivity index (χ0n) is 27.9. The van der Waals surface area contributed by atoms with Crippen molar-refractivity contribution in [2.24, 2.45) is 5.41 Å². The van der Waals surface area contributed by atoms with Gasteiger partial charge in [0.2, 0.25) is 0 Å². The van der Waals surface area contributed by atoms with Crippen LogP contribution in [-0.4, -0.2) is 23.2 Å². The number of benzene rings is 4. The van der Waals surface area contributed by atoms with E-state index in [1.165, 1.54) is 41.3 Å². The molecule has 0 aliphatic carbocycles. The van der Waals surface area contributed by atoms with Crippen LogP contribution in [-0.2, 0) is 26.5 Å². The summed E-state index contributed by atoms with van der Waals surface area (Å²) in [4.78, 5) is 9.17. The van der Waals surface area contributed by atoms with E-state index >= 15 is 0 Å². The fraction of sp³-hybridized carbons (Fsp3) is 0.190. The Morgan fingerprint density at radius 3 is 2.15 bits per heavy atom. The molecule has 0 atom stereocenters. The molecular weight excluding hydrogens is 829 g/mol. The fourth-order valence-corrected chi connectivity index (χ4v) is 8.85. The van der Waals surface area contributed by atoms with E-state index in [-0.39, 0.29) is 25.5 Å². The van der Waals surface area contributed by atoms with Crippen molar-refractivity contribution in [3.8, 4) is 33.6 Å². The van der Waals surface area contributed by atoms with Crippen LogP contribution >= 0.6 is 11.3 Å². The smallest absolute Gasteiger partial charge is 0 e. The first-order valence-corrected chi connectivity index (χ1v) is 24.0. The van der Waals surface area contributed by atoms with Crippen LogP contribution in [0.2, 0.25) is 17.3 Å². The minimum atomic E-state index is -1.72. The Bertz CT molecular complexity index is 2070. The van der Waals surface area contributed by atoms with Crippen molar-refractivity contribution >= 4 is 49.2 Å². The number of thiophene rings is 1. The molecule has 5 heteroatoms. The summed E-state index contributed by atoms with van der Waals surface area (Å²) in [5, 5.41) is 2.59. The number of fused-ring (bicyclic) bond motifs is 3. The molecule has 0 saturated heterocycles. The molecule has 0 amide bonds. The first-order chi connectivity index (χ1) is 22.0. The average Bonchev–Trinajstić information content (AvgIpc) is 3.42. The Morgan fingerprint density at radius 1 is 0.681 bits per heavy atom. The number of aromatic nitrogens is 2. The van der Waals surface area contributed by atoms with E-state index in [4.69, 9.17) is 0 Å². The summed E-state index contributed by atoms with van der Waals surface area (Å²) in [6.45, 7) is 6.81. The molecule has 7 aromatic rings. The minimum absolute atomic E-state index is 0. The summed E-state index contributed by atoms with van der Waals surface area (Å²) in [7, 11) is 0. The topological polar surface area (TPSA) is 25.8 Å². The van der Waals surface area contributed by atoms with Crippen LogP contribution < -0.4 is 4.40 Å². The molecule has 0 aliphatic rings. The molecule has 3 aromatic heterocycles. The van der Waals surface area contributed by atoms with Crippen LogP contribution in [0.4, 0.5) is 0 Å². The summed E-state index contributed by atoms with van der Waals surface area (Å²) < 4.78 is 4.02. The molecule has 0 spiro atoms. The molecular formula is C42H40GeIrN2S-2. The molecule has 0 unspecified atom stereocenters. The van der Waals surface area contributed by atoms with Gasteiger partial charge in [-0.1, -0.05) is 80.3 Å². The van der Waals surface area contributed by atoms with Gasteiger partial charge in [0, 0.05) is 31.0 Å². The molecule has 0 bridgehead atoms. The van der Waals surface area contributed by atoms with Crippen molar-refractivity contribution in [1.29, 1.82) is 0 Å². The van der Waals surface area contributed by atoms with Crippen molar-refractivity contribution in [2.75, 3.05) is 0 Å². The molecule has 3 heterocycles. The standard InChI is InChI=1S/C28H24NS.C14H16GeN.Ir/c1-28(2,3)18-19-13-14-29-25(15-19)22-10-12-26-24(16-22)23-11-9-21(17-27(23)30-26)20-7-5-4-6-8-20;1-15(2,3)13-9-10-14(16-11-13)12-7-5-4-6-8-12;/h4-9,11-17H,18H2,1-3H3;4-7,9-11H,1-3H3;/q2*-1;. The third-order valence-electron chi connectivity index (χ3n) is 7.96. The first kappa shape index (κ1) is 34.9. The maximum Gasteiger partial charge on any atom is 0 e. The van der Waals surface area contributed by atoms with Gasteiger partial charge < -0.3 is 4.98 Å². The molecule has 7 rings (SSSR count). The maximum atomic E-state index is 4.64. The van der Waals surface area contributed by atoms with E-state index in [1.54, 1.807) is 0 Å². The number of pyridine rings is 2. The quantitative estimate of drug-likeness (QED) is 0.127. The van der Waals surface area contributed by atoms with E-state index in [9.17, 15) is 0 Å². The van der Waals surface area contributed by atoms with E-state index < -0.39 is 13.3 Å². The normalized spacial score (nSPS) is 11.5. The summed E-state index contributed by atoms with van der Waals surface area (Å²) in [5.74, 6) is 7.14. The predicted molar refractivity (Wildman–Crippen MR) is 201 cm³/mol. The Morgan fingerprint density at radius 2 is 1.47 bits per heavy atom. The van der Waals surface area contributed by atoms with Crippen molar-refractivity contribution in [1.82, 2.24) is 9.97 Å². The van der Waals surface area contributed by atoms with Crippen molar-refractivity contribution in [2.45, 2.75) is 44.5 Å². The molecule has 1 radical (unpaired) electrons. The van der Waals surface area contributed by atoms with Crippen LogP contribution in [0.15, 0.2) is 122 Å². The Hall–Kier alpha value is -3.41. The van der Waals surface area contributed by atoms with Gasteiger partial charge in [0.25, 0.3) is 0 Å². The molecule has 239 valence electrons. The van der Waals surface area contributed by atoms with Gasteiger partial charge >= 0.3 is 99.8 Å². The summed E-state index contributed by atoms with van der Waals surface area (Å²) >= 11 is 0.118. The molecule has 0 N–H and O–H groups in total. The van der Waals surface area contributed by atoms with Crippen LogP contribution in [0, 0.1) is 17.5 Å². The van der Waals surface area contributed by atoms with Crippen LogP contribution in [0.5, 0.6) is 0 Å². The average molecular weight is 870 g/mol. The van der Waals surface area contributed by atoms with Gasteiger partial charge in [-0.15, -0.1) is 23.8 Å². The zero-order valence-corrected chi connectivity index (χ0v) is 33.2. The Labute approximate surface area is 300 Å². The fourth-order valence-electron chi connectivity index (χ4n) is 5.57. The number of rotatable bonds is 5. The molecule has 0 fully saturated rings. The van der Waals surface area contributed by atoms with Crippen LogP contribution in [0.1, 0.15) is 26.3 Å². The van der Waals surface area contributed by atoms with E-state index in [0.29, 0.717) is 0 Å². The SMILES string of the molecule is CC(C)(C)Cc1ccnc(-c2[c-]cc3sc4cc(-c5ccccc5)ccc4c3c2)c1.[CH3][Ge]([CH3])([CH3])[c]1ccc(-c2[c-]cccc2)nc1.[Ir]. The Kier molecular flexibility index (Phi) is 11.0. The minimum Gasteiger partial charge on any atom is 0 e. The number of hydrogen-bond acceptors (Lipinski definition) is 3. The zero-order chi connectivity index (χ0) is 32.3.